The zero-order valence-electron chi connectivity index (χ0n) is 13.5. The quantitative estimate of drug-likeness (QED) is 0.776. The van der Waals surface area contributed by atoms with Gasteiger partial charge in [0.1, 0.15) is 0 Å². The fourth-order valence-electron chi connectivity index (χ4n) is 2.70. The highest BCUT2D eigenvalue weighted by Gasteiger charge is 2.44. The van der Waals surface area contributed by atoms with Crippen LogP contribution in [0.2, 0.25) is 0 Å². The molecule has 2 unspecified atom stereocenters. The van der Waals surface area contributed by atoms with Crippen LogP contribution in [0, 0.1) is 5.92 Å². The average Bonchev–Trinajstić information content (AvgIpc) is 2.51. The maximum Gasteiger partial charge on any atom is 0.416 e. The van der Waals surface area contributed by atoms with Crippen LogP contribution in [0.3, 0.4) is 0 Å². The zero-order chi connectivity index (χ0) is 17.6. The molecule has 1 aliphatic heterocycles. The van der Waals surface area contributed by atoms with Gasteiger partial charge in [0.25, 0.3) is 0 Å². The fourth-order valence-corrected chi connectivity index (χ4v) is 2.70. The second-order valence-electron chi connectivity index (χ2n) is 5.91. The number of hydrogen-bond donors (Lipinski definition) is 2. The van der Waals surface area contributed by atoms with Gasteiger partial charge < -0.3 is 15.3 Å². The molecular weight excluding hydrogens is 313 g/mol. The minimum Gasteiger partial charge on any atom is -0.382 e. The topological polar surface area (TPSA) is 69.6 Å². The van der Waals surface area contributed by atoms with Crippen molar-refractivity contribution in [1.29, 1.82) is 0 Å². The molecule has 0 spiro atoms. The summed E-state index contributed by atoms with van der Waals surface area (Å²) in [6.45, 7) is 4.27. The molecule has 1 rings (SSSR count). The fraction of sp³-hybridized carbons (Fsp3) is 0.867. The first-order valence-corrected chi connectivity index (χ1v) is 8.03. The van der Waals surface area contributed by atoms with Gasteiger partial charge in [-0.2, -0.15) is 13.2 Å². The van der Waals surface area contributed by atoms with Gasteiger partial charge in [0.15, 0.2) is 6.10 Å². The number of halogens is 3. The number of nitrogens with one attached hydrogen (secondary N) is 1. The molecule has 1 saturated heterocycles. The molecule has 0 aromatic heterocycles. The molecule has 1 fully saturated rings. The van der Waals surface area contributed by atoms with Crippen molar-refractivity contribution in [1.82, 2.24) is 10.2 Å². The Labute approximate surface area is 134 Å². The van der Waals surface area contributed by atoms with Crippen molar-refractivity contribution in [3.05, 3.63) is 0 Å². The van der Waals surface area contributed by atoms with Crippen molar-refractivity contribution in [3.8, 4) is 0 Å². The number of aliphatic hydroxyl groups excluding tert-OH is 1. The van der Waals surface area contributed by atoms with Crippen molar-refractivity contribution in [2.45, 2.75) is 64.3 Å². The Balaban J connectivity index is 2.51. The van der Waals surface area contributed by atoms with Crippen molar-refractivity contribution >= 4 is 11.8 Å². The van der Waals surface area contributed by atoms with Gasteiger partial charge in [0.2, 0.25) is 11.8 Å². The largest absolute Gasteiger partial charge is 0.416 e. The molecule has 0 aliphatic carbocycles. The monoisotopic (exact) mass is 338 g/mol. The first kappa shape index (κ1) is 19.7. The van der Waals surface area contributed by atoms with Crippen LogP contribution in [0.25, 0.3) is 0 Å². The van der Waals surface area contributed by atoms with Crippen LogP contribution in [0.15, 0.2) is 0 Å². The summed E-state index contributed by atoms with van der Waals surface area (Å²) in [5.74, 6) is -0.858. The predicted molar refractivity (Wildman–Crippen MR) is 78.5 cm³/mol. The summed E-state index contributed by atoms with van der Waals surface area (Å²) in [6.07, 6.45) is -5.26. The molecule has 1 heterocycles. The summed E-state index contributed by atoms with van der Waals surface area (Å²) in [7, 11) is 0. The standard InChI is InChI=1S/C15H25F3N2O3/c1-3-5-12(21)20-8-6-10(7-9-20)14(23)19-11(4-2)13(22)15(16,17)18/h10-11,13,22H,3-9H2,1-2H3,(H,19,23). The van der Waals surface area contributed by atoms with E-state index in [-0.39, 0.29) is 12.3 Å². The molecule has 5 nitrogen and oxygen atoms in total. The molecule has 23 heavy (non-hydrogen) atoms. The van der Waals surface area contributed by atoms with Crippen LogP contribution in [0.4, 0.5) is 13.2 Å². The number of nitrogens with zero attached hydrogens (tertiary/aromatic N) is 1. The van der Waals surface area contributed by atoms with E-state index in [1.54, 1.807) is 4.90 Å². The van der Waals surface area contributed by atoms with E-state index in [1.165, 1.54) is 6.92 Å². The Kier molecular flexibility index (Phi) is 7.31. The lowest BCUT2D eigenvalue weighted by molar-refractivity contribution is -0.212. The van der Waals surface area contributed by atoms with Gasteiger partial charge in [-0.15, -0.1) is 0 Å². The van der Waals surface area contributed by atoms with Gasteiger partial charge >= 0.3 is 6.18 Å². The minimum atomic E-state index is -4.76. The van der Waals surface area contributed by atoms with E-state index in [0.717, 1.165) is 6.42 Å². The molecule has 2 amide bonds. The van der Waals surface area contributed by atoms with Crippen molar-refractivity contribution in [2.75, 3.05) is 13.1 Å². The molecular formula is C15H25F3N2O3. The summed E-state index contributed by atoms with van der Waals surface area (Å²) in [6, 6.07) is -1.35. The summed E-state index contributed by atoms with van der Waals surface area (Å²) in [5, 5.41) is 11.6. The van der Waals surface area contributed by atoms with Crippen molar-refractivity contribution in [3.63, 3.8) is 0 Å². The first-order chi connectivity index (χ1) is 10.7. The number of hydrogen-bond acceptors (Lipinski definition) is 3. The summed E-state index contributed by atoms with van der Waals surface area (Å²) in [5.41, 5.74) is 0. The van der Waals surface area contributed by atoms with Crippen LogP contribution in [0.1, 0.15) is 46.0 Å². The lowest BCUT2D eigenvalue weighted by Crippen LogP contribution is -2.52. The number of aliphatic hydroxyl groups is 1. The third-order valence-corrected chi connectivity index (χ3v) is 4.17. The second-order valence-corrected chi connectivity index (χ2v) is 5.91. The normalized spacial score (nSPS) is 19.3. The van der Waals surface area contributed by atoms with E-state index < -0.39 is 30.1 Å². The lowest BCUT2D eigenvalue weighted by Gasteiger charge is -2.33. The molecule has 134 valence electrons. The number of alkyl halides is 3. The maximum atomic E-state index is 12.5. The van der Waals surface area contributed by atoms with Crippen molar-refractivity contribution in [2.24, 2.45) is 5.92 Å². The van der Waals surface area contributed by atoms with E-state index in [9.17, 15) is 27.9 Å². The number of rotatable bonds is 6. The summed E-state index contributed by atoms with van der Waals surface area (Å²) < 4.78 is 37.6. The summed E-state index contributed by atoms with van der Waals surface area (Å²) >= 11 is 0. The van der Waals surface area contributed by atoms with E-state index >= 15 is 0 Å². The SMILES string of the molecule is CCCC(=O)N1CCC(C(=O)NC(CC)C(O)C(F)(F)F)CC1. The predicted octanol–water partition coefficient (Wildman–Crippen LogP) is 1.84. The molecule has 0 radical (unpaired) electrons. The van der Waals surface area contributed by atoms with Gasteiger partial charge in [-0.25, -0.2) is 0 Å². The van der Waals surface area contributed by atoms with E-state index in [1.807, 2.05) is 6.92 Å². The van der Waals surface area contributed by atoms with Gasteiger partial charge in [-0.1, -0.05) is 13.8 Å². The Morgan fingerprint density at radius 1 is 1.26 bits per heavy atom. The number of amides is 2. The molecule has 0 saturated carbocycles. The molecule has 2 atom stereocenters. The average molecular weight is 338 g/mol. The minimum absolute atomic E-state index is 0.0136. The van der Waals surface area contributed by atoms with E-state index in [2.05, 4.69) is 5.32 Å². The Bertz CT molecular complexity index is 407. The van der Waals surface area contributed by atoms with Gasteiger partial charge in [0, 0.05) is 25.4 Å². The van der Waals surface area contributed by atoms with Crippen molar-refractivity contribution < 1.29 is 27.9 Å². The molecule has 0 aromatic carbocycles. The van der Waals surface area contributed by atoms with Crippen LogP contribution in [-0.2, 0) is 9.59 Å². The van der Waals surface area contributed by atoms with Crippen LogP contribution in [-0.4, -0.2) is 53.2 Å². The lowest BCUT2D eigenvalue weighted by atomic mass is 9.94. The second kappa shape index (κ2) is 8.52. The highest BCUT2D eigenvalue weighted by molar-refractivity contribution is 5.80. The Hall–Kier alpha value is -1.31. The third kappa shape index (κ3) is 5.67. The first-order valence-electron chi connectivity index (χ1n) is 8.03. The zero-order valence-corrected chi connectivity index (χ0v) is 13.5. The molecule has 1 aliphatic rings. The number of carbonyl (C=O) groups excluding carboxylic acids is 2. The molecule has 8 heteroatoms. The maximum absolute atomic E-state index is 12.5. The molecule has 2 N–H and O–H groups in total. The molecule has 0 aromatic rings. The number of likely N-dealkylation sites (tertiary alicyclic amines) is 1. The Morgan fingerprint density at radius 3 is 2.26 bits per heavy atom. The Morgan fingerprint density at radius 2 is 1.83 bits per heavy atom. The smallest absolute Gasteiger partial charge is 0.382 e. The highest BCUT2D eigenvalue weighted by Crippen LogP contribution is 2.25. The highest BCUT2D eigenvalue weighted by atomic mass is 19.4. The molecule has 0 bridgehead atoms. The van der Waals surface area contributed by atoms with Crippen LogP contribution < -0.4 is 5.32 Å². The van der Waals surface area contributed by atoms with Gasteiger partial charge in [0.05, 0.1) is 6.04 Å². The van der Waals surface area contributed by atoms with Crippen LogP contribution in [0.5, 0.6) is 0 Å². The van der Waals surface area contributed by atoms with Gasteiger partial charge in [-0.05, 0) is 25.7 Å². The van der Waals surface area contributed by atoms with Gasteiger partial charge in [-0.3, -0.25) is 9.59 Å². The van der Waals surface area contributed by atoms with E-state index in [0.29, 0.717) is 32.4 Å². The number of piperidine rings is 1. The number of carbonyl (C=O) groups is 2. The third-order valence-electron chi connectivity index (χ3n) is 4.17. The summed E-state index contributed by atoms with van der Waals surface area (Å²) in [4.78, 5) is 25.6. The van der Waals surface area contributed by atoms with Crippen LogP contribution >= 0.6 is 0 Å². The van der Waals surface area contributed by atoms with E-state index in [4.69, 9.17) is 0 Å².